The van der Waals surface area contributed by atoms with Crippen molar-refractivity contribution in [3.63, 3.8) is 0 Å². The maximum absolute atomic E-state index is 13.3. The lowest BCUT2D eigenvalue weighted by atomic mass is 10.1. The number of hydrogen-bond donors (Lipinski definition) is 0. The zero-order valence-electron chi connectivity index (χ0n) is 21.0. The predicted octanol–water partition coefficient (Wildman–Crippen LogP) is 4.54. The van der Waals surface area contributed by atoms with Gasteiger partial charge in [-0.2, -0.15) is 14.6 Å². The van der Waals surface area contributed by atoms with Gasteiger partial charge in [0.15, 0.2) is 17.3 Å². The van der Waals surface area contributed by atoms with Crippen LogP contribution in [0, 0.1) is 6.92 Å². The summed E-state index contributed by atoms with van der Waals surface area (Å²) in [6.07, 6.45) is 3.75. The number of hydrogen-bond acceptors (Lipinski definition) is 7. The van der Waals surface area contributed by atoms with Crippen molar-refractivity contribution in [2.75, 3.05) is 14.2 Å². The summed E-state index contributed by atoms with van der Waals surface area (Å²) in [6.45, 7) is 2.00. The maximum Gasteiger partial charge on any atom is 0.291 e. The highest BCUT2D eigenvalue weighted by Crippen LogP contribution is 2.33. The van der Waals surface area contributed by atoms with Gasteiger partial charge in [-0.25, -0.2) is 4.68 Å². The van der Waals surface area contributed by atoms with Gasteiger partial charge in [-0.05, 0) is 48.9 Å². The average molecular weight is 522 g/mol. The van der Waals surface area contributed by atoms with Crippen LogP contribution < -0.4 is 19.6 Å². The molecule has 6 rings (SSSR count). The second kappa shape index (κ2) is 9.60. The minimum atomic E-state index is -0.219. The van der Waals surface area contributed by atoms with Gasteiger partial charge in [0.1, 0.15) is 5.69 Å². The van der Waals surface area contributed by atoms with Crippen LogP contribution in [0.1, 0.15) is 11.1 Å². The third-order valence-corrected chi connectivity index (χ3v) is 7.23. The monoisotopic (exact) mass is 521 g/mol. The number of rotatable bonds is 6. The van der Waals surface area contributed by atoms with Gasteiger partial charge >= 0.3 is 0 Å². The Hall–Kier alpha value is -4.76. The standard InChI is InChI=1S/C29H23N5O3S/c1-18-9-7-8-12-22(18)27-30-29-34(32-27)28(35)25(38-29)16-20-17-33(21-10-5-4-6-11-21)31-26(20)19-13-14-23(36-2)24(15-19)37-3/h4-17H,1-3H3. The molecule has 3 heterocycles. The Bertz CT molecular complexity index is 1890. The molecule has 3 aromatic heterocycles. The molecule has 0 atom stereocenters. The molecule has 0 radical (unpaired) electrons. The van der Waals surface area contributed by atoms with Crippen LogP contribution in [-0.4, -0.2) is 38.6 Å². The summed E-state index contributed by atoms with van der Waals surface area (Å²) in [5.74, 6) is 1.76. The third-order valence-electron chi connectivity index (χ3n) is 6.27. The molecule has 0 saturated heterocycles. The molecule has 0 aliphatic carbocycles. The van der Waals surface area contributed by atoms with E-state index < -0.39 is 0 Å². The number of fused-ring (bicyclic) bond motifs is 1. The van der Waals surface area contributed by atoms with E-state index in [4.69, 9.17) is 14.6 Å². The fourth-order valence-electron chi connectivity index (χ4n) is 4.33. The highest BCUT2D eigenvalue weighted by molar-refractivity contribution is 7.15. The van der Waals surface area contributed by atoms with Crippen LogP contribution >= 0.6 is 11.3 Å². The van der Waals surface area contributed by atoms with Crippen LogP contribution in [0.5, 0.6) is 11.5 Å². The normalized spacial score (nSPS) is 11.8. The number of ether oxygens (including phenoxy) is 2. The van der Waals surface area contributed by atoms with Gasteiger partial charge in [-0.1, -0.05) is 53.8 Å². The number of benzene rings is 3. The van der Waals surface area contributed by atoms with E-state index in [0.717, 1.165) is 27.9 Å². The van der Waals surface area contributed by atoms with Crippen molar-refractivity contribution in [2.45, 2.75) is 6.92 Å². The van der Waals surface area contributed by atoms with Gasteiger partial charge in [0.05, 0.1) is 24.4 Å². The summed E-state index contributed by atoms with van der Waals surface area (Å²) in [4.78, 5) is 18.5. The number of aromatic nitrogens is 5. The van der Waals surface area contributed by atoms with E-state index >= 15 is 0 Å². The summed E-state index contributed by atoms with van der Waals surface area (Å²) >= 11 is 1.30. The van der Waals surface area contributed by atoms with Gasteiger partial charge in [-0.15, -0.1) is 5.10 Å². The molecule has 0 N–H and O–H groups in total. The Morgan fingerprint density at radius 1 is 0.895 bits per heavy atom. The molecule has 9 heteroatoms. The Balaban J connectivity index is 1.50. The molecule has 3 aromatic carbocycles. The Morgan fingerprint density at radius 3 is 2.39 bits per heavy atom. The van der Waals surface area contributed by atoms with E-state index in [9.17, 15) is 4.79 Å². The summed E-state index contributed by atoms with van der Waals surface area (Å²) < 4.78 is 14.6. The van der Waals surface area contributed by atoms with E-state index in [1.54, 1.807) is 18.9 Å². The Kier molecular flexibility index (Phi) is 5.97. The molecule has 188 valence electrons. The number of methoxy groups -OCH3 is 2. The van der Waals surface area contributed by atoms with E-state index in [-0.39, 0.29) is 5.56 Å². The zero-order valence-corrected chi connectivity index (χ0v) is 21.8. The van der Waals surface area contributed by atoms with E-state index in [2.05, 4.69) is 10.1 Å². The quantitative estimate of drug-likeness (QED) is 0.320. The van der Waals surface area contributed by atoms with Crippen LogP contribution in [-0.2, 0) is 0 Å². The molecular weight excluding hydrogens is 498 g/mol. The number of aryl methyl sites for hydroxylation is 1. The molecule has 8 nitrogen and oxygen atoms in total. The molecule has 0 saturated carbocycles. The Labute approximate surface area is 222 Å². The zero-order chi connectivity index (χ0) is 26.2. The summed E-state index contributed by atoms with van der Waals surface area (Å²) in [5, 5.41) is 9.38. The molecular formula is C29H23N5O3S. The van der Waals surface area contributed by atoms with Crippen molar-refractivity contribution >= 4 is 22.4 Å². The first-order chi connectivity index (χ1) is 18.6. The van der Waals surface area contributed by atoms with Crippen molar-refractivity contribution in [3.05, 3.63) is 105 Å². The smallest absolute Gasteiger partial charge is 0.291 e. The second-order valence-corrected chi connectivity index (χ2v) is 9.65. The van der Waals surface area contributed by atoms with Gasteiger partial charge in [0.2, 0.25) is 4.96 Å². The van der Waals surface area contributed by atoms with E-state index in [0.29, 0.717) is 32.5 Å². The lowest BCUT2D eigenvalue weighted by Crippen LogP contribution is -2.23. The average Bonchev–Trinajstić information content (AvgIpc) is 3.64. The highest BCUT2D eigenvalue weighted by atomic mass is 32.1. The number of nitrogens with zero attached hydrogens (tertiary/aromatic N) is 5. The molecule has 0 fully saturated rings. The van der Waals surface area contributed by atoms with Crippen LogP contribution in [0.3, 0.4) is 0 Å². The first-order valence-corrected chi connectivity index (χ1v) is 12.7. The van der Waals surface area contributed by atoms with E-state index in [1.807, 2.05) is 92.0 Å². The first kappa shape index (κ1) is 23.6. The number of para-hydroxylation sites is 1. The largest absolute Gasteiger partial charge is 0.493 e. The molecule has 38 heavy (non-hydrogen) atoms. The highest BCUT2D eigenvalue weighted by Gasteiger charge is 2.17. The van der Waals surface area contributed by atoms with E-state index in [1.165, 1.54) is 15.9 Å². The minimum Gasteiger partial charge on any atom is -0.493 e. The van der Waals surface area contributed by atoms with Gasteiger partial charge < -0.3 is 9.47 Å². The van der Waals surface area contributed by atoms with Crippen molar-refractivity contribution < 1.29 is 9.47 Å². The van der Waals surface area contributed by atoms with Crippen LogP contribution in [0.2, 0.25) is 0 Å². The third kappa shape index (κ3) is 4.12. The molecule has 0 bridgehead atoms. The van der Waals surface area contributed by atoms with Crippen molar-refractivity contribution in [1.82, 2.24) is 24.4 Å². The molecule has 6 aromatic rings. The SMILES string of the molecule is COc1ccc(-c2nn(-c3ccccc3)cc2C=c2sc3nc(-c4ccccc4C)nn3c2=O)cc1OC. The second-order valence-electron chi connectivity index (χ2n) is 8.64. The summed E-state index contributed by atoms with van der Waals surface area (Å²) in [7, 11) is 3.20. The summed E-state index contributed by atoms with van der Waals surface area (Å²) in [5.41, 5.74) is 4.96. The minimum absolute atomic E-state index is 0.219. The fraction of sp³-hybridized carbons (Fsp3) is 0.103. The lowest BCUT2D eigenvalue weighted by Gasteiger charge is -2.09. The van der Waals surface area contributed by atoms with Crippen LogP contribution in [0.15, 0.2) is 83.8 Å². The van der Waals surface area contributed by atoms with Crippen molar-refractivity contribution in [2.24, 2.45) is 0 Å². The van der Waals surface area contributed by atoms with Crippen molar-refractivity contribution in [3.8, 4) is 39.8 Å². The lowest BCUT2D eigenvalue weighted by molar-refractivity contribution is 0.355. The fourth-order valence-corrected chi connectivity index (χ4v) is 5.23. The van der Waals surface area contributed by atoms with Gasteiger partial charge in [0.25, 0.3) is 5.56 Å². The topological polar surface area (TPSA) is 83.5 Å². The summed E-state index contributed by atoms with van der Waals surface area (Å²) in [6, 6.07) is 23.3. The molecule has 0 aliphatic heterocycles. The maximum atomic E-state index is 13.3. The molecule has 0 unspecified atom stereocenters. The van der Waals surface area contributed by atoms with Gasteiger partial charge in [0, 0.05) is 22.9 Å². The molecule has 0 spiro atoms. The van der Waals surface area contributed by atoms with Crippen LogP contribution in [0.4, 0.5) is 0 Å². The van der Waals surface area contributed by atoms with Gasteiger partial charge in [-0.3, -0.25) is 4.79 Å². The number of thiazole rings is 1. The van der Waals surface area contributed by atoms with Crippen molar-refractivity contribution in [1.29, 1.82) is 0 Å². The Morgan fingerprint density at radius 2 is 1.66 bits per heavy atom. The molecule has 0 aliphatic rings. The first-order valence-electron chi connectivity index (χ1n) is 11.9. The van der Waals surface area contributed by atoms with Crippen LogP contribution in [0.25, 0.3) is 39.4 Å². The predicted molar refractivity (Wildman–Crippen MR) is 148 cm³/mol. The molecule has 0 amide bonds.